The molecule has 2 aromatic heterocycles. The molecule has 102 valence electrons. The third-order valence-electron chi connectivity index (χ3n) is 2.77. The van der Waals surface area contributed by atoms with Crippen molar-refractivity contribution in [1.82, 2.24) is 19.7 Å². The molecule has 0 unspecified atom stereocenters. The average Bonchev–Trinajstić information content (AvgIpc) is 2.91. The van der Waals surface area contributed by atoms with E-state index in [2.05, 4.69) is 39.7 Å². The zero-order valence-corrected chi connectivity index (χ0v) is 11.4. The molecule has 2 aromatic rings. The van der Waals surface area contributed by atoms with Crippen molar-refractivity contribution in [2.45, 2.75) is 33.4 Å². The third-order valence-corrected chi connectivity index (χ3v) is 2.77. The second kappa shape index (κ2) is 6.72. The highest BCUT2D eigenvalue weighted by Gasteiger charge is 2.03. The van der Waals surface area contributed by atoms with Gasteiger partial charge in [0.05, 0.1) is 6.54 Å². The van der Waals surface area contributed by atoms with Crippen molar-refractivity contribution in [1.29, 1.82) is 0 Å². The summed E-state index contributed by atoms with van der Waals surface area (Å²) in [5.41, 5.74) is 0. The van der Waals surface area contributed by atoms with E-state index in [0.29, 0.717) is 6.54 Å². The van der Waals surface area contributed by atoms with Gasteiger partial charge in [-0.1, -0.05) is 13.0 Å². The first-order valence-electron chi connectivity index (χ1n) is 6.65. The molecule has 0 saturated heterocycles. The van der Waals surface area contributed by atoms with Crippen molar-refractivity contribution in [3.8, 4) is 0 Å². The quantitative estimate of drug-likeness (QED) is 0.798. The maximum atomic E-state index is 4.49. The predicted octanol–water partition coefficient (Wildman–Crippen LogP) is 2.13. The third kappa shape index (κ3) is 3.67. The van der Waals surface area contributed by atoms with Crippen LogP contribution in [0.2, 0.25) is 0 Å². The maximum Gasteiger partial charge on any atom is 0.152 e. The summed E-state index contributed by atoms with van der Waals surface area (Å²) >= 11 is 0. The molecule has 6 heteroatoms. The number of aryl methyl sites for hydroxylation is 1. The van der Waals surface area contributed by atoms with E-state index in [1.165, 1.54) is 0 Å². The topological polar surface area (TPSA) is 67.7 Å². The molecule has 0 aliphatic carbocycles. The lowest BCUT2D eigenvalue weighted by Crippen LogP contribution is -2.09. The zero-order valence-electron chi connectivity index (χ0n) is 11.4. The lowest BCUT2D eigenvalue weighted by atomic mass is 10.4. The summed E-state index contributed by atoms with van der Waals surface area (Å²) < 4.78 is 2.01. The van der Waals surface area contributed by atoms with Gasteiger partial charge >= 0.3 is 0 Å². The molecule has 0 spiro atoms. The number of rotatable bonds is 7. The number of nitrogens with zero attached hydrogens (tertiary/aromatic N) is 4. The molecule has 0 radical (unpaired) electrons. The van der Waals surface area contributed by atoms with Crippen LogP contribution in [0.15, 0.2) is 24.5 Å². The van der Waals surface area contributed by atoms with E-state index in [4.69, 9.17) is 0 Å². The number of hydrogen-bond acceptors (Lipinski definition) is 5. The largest absolute Gasteiger partial charge is 0.370 e. The van der Waals surface area contributed by atoms with E-state index in [-0.39, 0.29) is 0 Å². The smallest absolute Gasteiger partial charge is 0.152 e. The molecule has 19 heavy (non-hydrogen) atoms. The Hall–Kier alpha value is -2.11. The van der Waals surface area contributed by atoms with Gasteiger partial charge in [0.2, 0.25) is 0 Å². The Bertz CT molecular complexity index is 507. The molecule has 0 fully saturated rings. The Morgan fingerprint density at radius 3 is 2.68 bits per heavy atom. The Morgan fingerprint density at radius 2 is 1.95 bits per heavy atom. The van der Waals surface area contributed by atoms with Gasteiger partial charge in [0.25, 0.3) is 0 Å². The fraction of sp³-hybridized carbons (Fsp3) is 0.462. The van der Waals surface area contributed by atoms with Crippen LogP contribution in [0.1, 0.15) is 26.1 Å². The van der Waals surface area contributed by atoms with Crippen LogP contribution in [0.4, 0.5) is 11.6 Å². The molecule has 0 bridgehead atoms. The first-order valence-corrected chi connectivity index (χ1v) is 6.65. The number of anilines is 2. The highest BCUT2D eigenvalue weighted by atomic mass is 15.3. The van der Waals surface area contributed by atoms with Crippen molar-refractivity contribution in [3.63, 3.8) is 0 Å². The van der Waals surface area contributed by atoms with Gasteiger partial charge in [0.1, 0.15) is 18.0 Å². The van der Waals surface area contributed by atoms with Gasteiger partial charge in [-0.15, -0.1) is 10.2 Å². The highest BCUT2D eigenvalue weighted by Crippen LogP contribution is 2.10. The molecular weight excluding hydrogens is 240 g/mol. The van der Waals surface area contributed by atoms with Crippen molar-refractivity contribution >= 4 is 11.6 Å². The summed E-state index contributed by atoms with van der Waals surface area (Å²) in [5, 5.41) is 14.5. The molecule has 6 nitrogen and oxygen atoms in total. The average molecular weight is 260 g/mol. The molecule has 0 atom stereocenters. The van der Waals surface area contributed by atoms with Gasteiger partial charge in [-0.2, -0.15) is 0 Å². The first-order chi connectivity index (χ1) is 9.33. The van der Waals surface area contributed by atoms with Gasteiger partial charge in [0, 0.05) is 13.1 Å². The number of hydrogen-bond donors (Lipinski definition) is 2. The van der Waals surface area contributed by atoms with Gasteiger partial charge in [-0.3, -0.25) is 0 Å². The summed E-state index contributed by atoms with van der Waals surface area (Å²) in [4.78, 5) is 4.49. The molecule has 2 rings (SSSR count). The van der Waals surface area contributed by atoms with E-state index < -0.39 is 0 Å². The summed E-state index contributed by atoms with van der Waals surface area (Å²) in [6, 6.07) is 5.90. The zero-order chi connectivity index (χ0) is 13.5. The summed E-state index contributed by atoms with van der Waals surface area (Å²) in [7, 11) is 0. The predicted molar refractivity (Wildman–Crippen MR) is 76.0 cm³/mol. The van der Waals surface area contributed by atoms with E-state index in [9.17, 15) is 0 Å². The minimum atomic E-state index is 0.623. The van der Waals surface area contributed by atoms with Crippen LogP contribution in [-0.4, -0.2) is 26.3 Å². The monoisotopic (exact) mass is 260 g/mol. The minimum absolute atomic E-state index is 0.623. The van der Waals surface area contributed by atoms with Crippen LogP contribution in [0.3, 0.4) is 0 Å². The van der Waals surface area contributed by atoms with E-state index in [1.54, 1.807) is 6.33 Å². The first kappa shape index (κ1) is 13.3. The number of aromatic nitrogens is 4. The second-order valence-electron chi connectivity index (χ2n) is 4.22. The van der Waals surface area contributed by atoms with Crippen molar-refractivity contribution in [2.24, 2.45) is 0 Å². The van der Waals surface area contributed by atoms with Crippen LogP contribution >= 0.6 is 0 Å². The van der Waals surface area contributed by atoms with Crippen LogP contribution < -0.4 is 10.6 Å². The van der Waals surface area contributed by atoms with Crippen molar-refractivity contribution < 1.29 is 0 Å². The van der Waals surface area contributed by atoms with E-state index in [1.807, 2.05) is 22.8 Å². The van der Waals surface area contributed by atoms with Crippen LogP contribution in [0.25, 0.3) is 0 Å². The van der Waals surface area contributed by atoms with E-state index >= 15 is 0 Å². The second-order valence-corrected chi connectivity index (χ2v) is 4.22. The summed E-state index contributed by atoms with van der Waals surface area (Å²) in [6.07, 6.45) is 2.82. The molecule has 0 aliphatic heterocycles. The lowest BCUT2D eigenvalue weighted by molar-refractivity contribution is 0.707. The molecule has 2 heterocycles. The van der Waals surface area contributed by atoms with Crippen LogP contribution in [-0.2, 0) is 13.1 Å². The van der Waals surface area contributed by atoms with Crippen LogP contribution in [0, 0.1) is 0 Å². The summed E-state index contributed by atoms with van der Waals surface area (Å²) in [5.74, 6) is 2.65. The summed E-state index contributed by atoms with van der Waals surface area (Å²) in [6.45, 7) is 6.63. The Balaban J connectivity index is 1.95. The molecule has 0 saturated carbocycles. The Kier molecular flexibility index (Phi) is 4.72. The number of pyridine rings is 1. The normalized spacial score (nSPS) is 10.4. The maximum absolute atomic E-state index is 4.49. The van der Waals surface area contributed by atoms with Gasteiger partial charge in [0.15, 0.2) is 5.82 Å². The van der Waals surface area contributed by atoms with Gasteiger partial charge in [-0.25, -0.2) is 4.98 Å². The fourth-order valence-electron chi connectivity index (χ4n) is 1.73. The van der Waals surface area contributed by atoms with Crippen LogP contribution in [0.5, 0.6) is 0 Å². The van der Waals surface area contributed by atoms with Crippen molar-refractivity contribution in [3.05, 3.63) is 30.4 Å². The highest BCUT2D eigenvalue weighted by molar-refractivity contribution is 5.45. The number of nitrogens with one attached hydrogen (secondary N) is 2. The molecule has 0 aromatic carbocycles. The minimum Gasteiger partial charge on any atom is -0.370 e. The molecular formula is C13H20N6. The molecule has 2 N–H and O–H groups in total. The van der Waals surface area contributed by atoms with Gasteiger partial charge in [-0.05, 0) is 25.5 Å². The lowest BCUT2D eigenvalue weighted by Gasteiger charge is -2.08. The van der Waals surface area contributed by atoms with Gasteiger partial charge < -0.3 is 15.2 Å². The molecule has 0 aliphatic rings. The van der Waals surface area contributed by atoms with E-state index in [0.717, 1.165) is 37.0 Å². The Morgan fingerprint density at radius 1 is 1.16 bits per heavy atom. The SMILES string of the molecule is CCCNc1cccc(NCc2nncn2CC)n1. The molecule has 0 amide bonds. The Labute approximate surface area is 113 Å². The van der Waals surface area contributed by atoms with Crippen molar-refractivity contribution in [2.75, 3.05) is 17.2 Å². The fourth-order valence-corrected chi connectivity index (χ4v) is 1.73. The standard InChI is InChI=1S/C13H20N6/c1-3-8-14-11-6-5-7-12(17-11)15-9-13-18-16-10-19(13)4-2/h5-7,10H,3-4,8-9H2,1-2H3,(H2,14,15,17).